The summed E-state index contributed by atoms with van der Waals surface area (Å²) in [6.07, 6.45) is -0.467. The number of aromatic nitrogens is 2. The van der Waals surface area contributed by atoms with E-state index in [2.05, 4.69) is 9.97 Å². The number of halogens is 4. The summed E-state index contributed by atoms with van der Waals surface area (Å²) in [6.45, 7) is -0.111. The summed E-state index contributed by atoms with van der Waals surface area (Å²) in [6, 6.07) is 14.8. The van der Waals surface area contributed by atoms with Crippen LogP contribution in [0.1, 0.15) is 40.2 Å². The molecular weight excluding hydrogens is 579 g/mol. The number of aryl methyl sites for hydroxylation is 1. The van der Waals surface area contributed by atoms with Crippen molar-refractivity contribution in [3.05, 3.63) is 106 Å². The number of ether oxygens (including phenoxy) is 2. The van der Waals surface area contributed by atoms with Crippen molar-refractivity contribution in [3.8, 4) is 11.5 Å². The zero-order valence-electron chi connectivity index (χ0n) is 22.0. The summed E-state index contributed by atoms with van der Waals surface area (Å²) < 4.78 is 79.3. The van der Waals surface area contributed by atoms with Gasteiger partial charge in [0.1, 0.15) is 11.5 Å². The Bertz CT molecular complexity index is 1680. The van der Waals surface area contributed by atoms with Crippen LogP contribution in [-0.4, -0.2) is 32.6 Å². The van der Waals surface area contributed by atoms with E-state index in [4.69, 9.17) is 21.1 Å². The van der Waals surface area contributed by atoms with Gasteiger partial charge >= 0.3 is 6.18 Å². The fraction of sp³-hybridized carbons (Fsp3) is 0.241. The van der Waals surface area contributed by atoms with Gasteiger partial charge < -0.3 is 9.47 Å². The largest absolute Gasteiger partial charge is 0.497 e. The highest BCUT2D eigenvalue weighted by Gasteiger charge is 2.34. The maximum atomic E-state index is 14.0. The first-order valence-electron chi connectivity index (χ1n) is 12.5. The maximum absolute atomic E-state index is 14.0. The number of benzene rings is 3. The topological polar surface area (TPSA) is 81.6 Å². The van der Waals surface area contributed by atoms with E-state index >= 15 is 0 Å². The van der Waals surface area contributed by atoms with Crippen LogP contribution in [0.5, 0.6) is 11.5 Å². The van der Waals surface area contributed by atoms with Gasteiger partial charge in [0.05, 0.1) is 31.2 Å². The molecule has 3 aromatic carbocycles. The SMILES string of the molecule is COc1ccc(CN(c2ncccn2)S(=O)(=O)c2ccc3c(c2)CC[C@H]3c2ccc(C(F)(F)F)cc2Cl)c(OC)c1. The van der Waals surface area contributed by atoms with Crippen LogP contribution in [0.2, 0.25) is 5.02 Å². The first kappa shape index (κ1) is 28.7. The first-order valence-corrected chi connectivity index (χ1v) is 14.3. The van der Waals surface area contributed by atoms with E-state index in [9.17, 15) is 21.6 Å². The molecule has 0 saturated carbocycles. The van der Waals surface area contributed by atoms with Crippen LogP contribution >= 0.6 is 11.6 Å². The predicted octanol–water partition coefficient (Wildman–Crippen LogP) is 6.64. The third kappa shape index (κ3) is 5.69. The van der Waals surface area contributed by atoms with Gasteiger partial charge in [-0.2, -0.15) is 13.2 Å². The zero-order valence-corrected chi connectivity index (χ0v) is 23.6. The maximum Gasteiger partial charge on any atom is 0.416 e. The van der Waals surface area contributed by atoms with Crippen LogP contribution in [0.4, 0.5) is 19.1 Å². The minimum Gasteiger partial charge on any atom is -0.497 e. The van der Waals surface area contributed by atoms with Crippen LogP contribution in [0.15, 0.2) is 78.0 Å². The number of rotatable bonds is 8. The molecule has 1 aromatic heterocycles. The van der Waals surface area contributed by atoms with Gasteiger partial charge in [-0.3, -0.25) is 0 Å². The lowest BCUT2D eigenvalue weighted by Crippen LogP contribution is -2.32. The van der Waals surface area contributed by atoms with Gasteiger partial charge in [0.2, 0.25) is 5.95 Å². The molecule has 12 heteroatoms. The molecule has 0 spiro atoms. The summed E-state index contributed by atoms with van der Waals surface area (Å²) in [5.41, 5.74) is 1.93. The lowest BCUT2D eigenvalue weighted by Gasteiger charge is -2.24. The van der Waals surface area contributed by atoms with E-state index in [1.54, 1.807) is 36.4 Å². The fourth-order valence-corrected chi connectivity index (χ4v) is 6.73. The lowest BCUT2D eigenvalue weighted by molar-refractivity contribution is -0.137. The van der Waals surface area contributed by atoms with Gasteiger partial charge in [-0.15, -0.1) is 0 Å². The van der Waals surface area contributed by atoms with Crippen molar-refractivity contribution >= 4 is 27.6 Å². The Labute approximate surface area is 240 Å². The lowest BCUT2D eigenvalue weighted by atomic mass is 9.92. The van der Waals surface area contributed by atoms with E-state index in [-0.39, 0.29) is 28.3 Å². The van der Waals surface area contributed by atoms with Crippen LogP contribution in [-0.2, 0) is 29.2 Å². The quantitative estimate of drug-likeness (QED) is 0.225. The van der Waals surface area contributed by atoms with Crippen molar-refractivity contribution < 1.29 is 31.1 Å². The van der Waals surface area contributed by atoms with E-state index in [1.807, 2.05) is 0 Å². The molecule has 5 rings (SSSR count). The Morgan fingerprint density at radius 1 is 0.976 bits per heavy atom. The molecule has 1 aliphatic rings. The third-order valence-corrected chi connectivity index (χ3v) is 9.12. The number of methoxy groups -OCH3 is 2. The summed E-state index contributed by atoms with van der Waals surface area (Å²) in [4.78, 5) is 8.42. The van der Waals surface area contributed by atoms with Crippen LogP contribution in [0, 0.1) is 0 Å². The molecule has 1 heterocycles. The molecule has 7 nitrogen and oxygen atoms in total. The highest BCUT2D eigenvalue weighted by atomic mass is 35.5. The van der Waals surface area contributed by atoms with E-state index < -0.39 is 21.8 Å². The average molecular weight is 604 g/mol. The molecule has 214 valence electrons. The number of fused-ring (bicyclic) bond motifs is 1. The number of nitrogens with zero attached hydrogens (tertiary/aromatic N) is 3. The summed E-state index contributed by atoms with van der Waals surface area (Å²) >= 11 is 6.28. The van der Waals surface area contributed by atoms with Gasteiger partial charge in [0.15, 0.2) is 0 Å². The molecule has 0 fully saturated rings. The minimum atomic E-state index is -4.50. The van der Waals surface area contributed by atoms with Gasteiger partial charge in [0, 0.05) is 35.0 Å². The first-order chi connectivity index (χ1) is 19.5. The van der Waals surface area contributed by atoms with Gasteiger partial charge in [-0.1, -0.05) is 23.7 Å². The second-order valence-corrected chi connectivity index (χ2v) is 11.7. The molecular formula is C29H25ClF3N3O4S. The van der Waals surface area contributed by atoms with Gasteiger partial charge in [-0.25, -0.2) is 22.7 Å². The summed E-state index contributed by atoms with van der Waals surface area (Å²) in [5, 5.41) is 0.0233. The Kier molecular flexibility index (Phi) is 7.85. The molecule has 0 unspecified atom stereocenters. The van der Waals surface area contributed by atoms with Crippen molar-refractivity contribution in [1.82, 2.24) is 9.97 Å². The molecule has 41 heavy (non-hydrogen) atoms. The molecule has 0 radical (unpaired) electrons. The number of hydrogen-bond donors (Lipinski definition) is 0. The highest BCUT2D eigenvalue weighted by molar-refractivity contribution is 7.92. The molecule has 0 bridgehead atoms. The molecule has 1 aliphatic carbocycles. The van der Waals surface area contributed by atoms with E-state index in [1.165, 1.54) is 38.7 Å². The molecule has 0 N–H and O–H groups in total. The highest BCUT2D eigenvalue weighted by Crippen LogP contribution is 2.43. The second-order valence-electron chi connectivity index (χ2n) is 9.42. The molecule has 4 aromatic rings. The number of sulfonamides is 1. The number of hydrogen-bond acceptors (Lipinski definition) is 6. The van der Waals surface area contributed by atoms with E-state index in [0.717, 1.165) is 27.6 Å². The Morgan fingerprint density at radius 2 is 1.71 bits per heavy atom. The van der Waals surface area contributed by atoms with E-state index in [0.29, 0.717) is 35.5 Å². The minimum absolute atomic E-state index is 0.0136. The van der Waals surface area contributed by atoms with Crippen LogP contribution in [0.25, 0.3) is 0 Å². The standard InChI is InChI=1S/C29H25ClF3N3O4S/c1-39-21-7-4-19(27(16-21)40-2)17-36(28-34-12-3-13-35-28)41(37,38)22-8-11-23-18(14-22)5-9-24(23)25-10-6-20(15-26(25)30)29(31,32)33/h3-4,6-8,10-16,24H,5,9,17H2,1-2H3/t24-/m1/s1. The fourth-order valence-electron chi connectivity index (χ4n) is 5.01. The summed E-state index contributed by atoms with van der Waals surface area (Å²) in [7, 11) is -1.15. The van der Waals surface area contributed by atoms with Gasteiger partial charge in [-0.05, 0) is 72.0 Å². The normalized spacial score (nSPS) is 14.9. The molecule has 0 saturated heterocycles. The monoisotopic (exact) mass is 603 g/mol. The van der Waals surface area contributed by atoms with Crippen molar-refractivity contribution in [2.75, 3.05) is 18.5 Å². The smallest absolute Gasteiger partial charge is 0.416 e. The zero-order chi connectivity index (χ0) is 29.4. The third-order valence-electron chi connectivity index (χ3n) is 7.07. The number of alkyl halides is 3. The van der Waals surface area contributed by atoms with Crippen molar-refractivity contribution in [1.29, 1.82) is 0 Å². The summed E-state index contributed by atoms with van der Waals surface area (Å²) in [5.74, 6) is 0.719. The molecule has 0 aliphatic heterocycles. The Hall–Kier alpha value is -3.83. The van der Waals surface area contributed by atoms with Crippen molar-refractivity contribution in [2.24, 2.45) is 0 Å². The second kappa shape index (κ2) is 11.2. The van der Waals surface area contributed by atoms with Crippen molar-refractivity contribution in [2.45, 2.75) is 36.4 Å². The average Bonchev–Trinajstić information content (AvgIpc) is 3.39. The Morgan fingerprint density at radius 3 is 2.37 bits per heavy atom. The van der Waals surface area contributed by atoms with Crippen LogP contribution < -0.4 is 13.8 Å². The van der Waals surface area contributed by atoms with Crippen molar-refractivity contribution in [3.63, 3.8) is 0 Å². The predicted molar refractivity (Wildman–Crippen MR) is 148 cm³/mol. The van der Waals surface area contributed by atoms with Crippen LogP contribution in [0.3, 0.4) is 0 Å². The Balaban J connectivity index is 1.50. The molecule has 0 amide bonds. The molecule has 1 atom stereocenters. The number of anilines is 1. The van der Waals surface area contributed by atoms with Gasteiger partial charge in [0.25, 0.3) is 10.0 Å².